The molecule has 0 atom stereocenters. The lowest BCUT2D eigenvalue weighted by molar-refractivity contribution is -0.336. The van der Waals surface area contributed by atoms with Crippen LogP contribution in [0.1, 0.15) is 11.1 Å². The summed E-state index contributed by atoms with van der Waals surface area (Å²) in [6.07, 6.45) is -6.25. The van der Waals surface area contributed by atoms with E-state index in [4.69, 9.17) is 0 Å². The molecule has 0 aromatic heterocycles. The van der Waals surface area contributed by atoms with Crippen molar-refractivity contribution in [3.8, 4) is 0 Å². The molecule has 0 aliphatic carbocycles. The van der Waals surface area contributed by atoms with Crippen LogP contribution in [0.4, 0.5) is 30.7 Å². The van der Waals surface area contributed by atoms with E-state index in [9.17, 15) is 39.2 Å². The van der Waals surface area contributed by atoms with E-state index < -0.39 is 39.4 Å². The fraction of sp³-hybridized carbons (Fsp3) is 0.417. The van der Waals surface area contributed by atoms with Crippen molar-refractivity contribution in [2.24, 2.45) is 5.16 Å². The predicted molar refractivity (Wildman–Crippen MR) is 69.6 cm³/mol. The average Bonchev–Trinajstić information content (AvgIpc) is 2.38. The van der Waals surface area contributed by atoms with E-state index >= 15 is 0 Å². The molecule has 1 rings (SSSR count). The number of halogens is 7. The molecule has 136 valence electrons. The van der Waals surface area contributed by atoms with Crippen molar-refractivity contribution in [2.75, 3.05) is 6.26 Å². The van der Waals surface area contributed by atoms with Gasteiger partial charge in [-0.2, -0.15) is 39.2 Å². The Morgan fingerprint density at radius 1 is 1.00 bits per heavy atom. The second-order valence-corrected chi connectivity index (χ2v) is 6.29. The molecule has 12 heteroatoms. The highest BCUT2D eigenvalue weighted by Gasteiger charge is 2.75. The monoisotopic (exact) mass is 381 g/mol. The van der Waals surface area contributed by atoms with Gasteiger partial charge in [-0.3, -0.25) is 4.28 Å². The quantitative estimate of drug-likeness (QED) is 0.446. The molecule has 0 unspecified atom stereocenters. The zero-order valence-corrected chi connectivity index (χ0v) is 12.9. The van der Waals surface area contributed by atoms with Crippen molar-refractivity contribution in [3.05, 3.63) is 35.4 Å². The van der Waals surface area contributed by atoms with E-state index in [2.05, 4.69) is 9.44 Å². The highest BCUT2D eigenvalue weighted by molar-refractivity contribution is 7.85. The summed E-state index contributed by atoms with van der Waals surface area (Å²) in [6, 6.07) is 3.82. The maximum atomic E-state index is 13.8. The third-order valence-corrected chi connectivity index (χ3v) is 2.98. The minimum absolute atomic E-state index is 0.351. The van der Waals surface area contributed by atoms with Crippen molar-refractivity contribution < 1.29 is 43.4 Å². The Hall–Kier alpha value is -1.85. The number of rotatable bonds is 5. The predicted octanol–water partition coefficient (Wildman–Crippen LogP) is 3.51. The SMILES string of the molecule is Cc1ccc(C(=NOS(C)(=O)=O)C(F)(F)C(F)(F)C(F)(F)F)cc1. The molecule has 0 aliphatic heterocycles. The Morgan fingerprint density at radius 3 is 1.83 bits per heavy atom. The molecule has 24 heavy (non-hydrogen) atoms. The Morgan fingerprint density at radius 2 is 1.46 bits per heavy atom. The van der Waals surface area contributed by atoms with E-state index in [1.54, 1.807) is 0 Å². The van der Waals surface area contributed by atoms with Crippen LogP contribution in [0.25, 0.3) is 0 Å². The van der Waals surface area contributed by atoms with Gasteiger partial charge >= 0.3 is 28.1 Å². The maximum absolute atomic E-state index is 13.8. The van der Waals surface area contributed by atoms with Crippen molar-refractivity contribution in [1.29, 1.82) is 0 Å². The molecule has 0 aliphatic rings. The molecule has 0 heterocycles. The third-order valence-electron chi connectivity index (χ3n) is 2.64. The molecule has 0 bridgehead atoms. The molecule has 0 radical (unpaired) electrons. The Kier molecular flexibility index (Phi) is 5.24. The van der Waals surface area contributed by atoms with Crippen molar-refractivity contribution in [1.82, 2.24) is 0 Å². The number of aryl methyl sites for hydroxylation is 1. The molecule has 0 saturated carbocycles. The summed E-state index contributed by atoms with van der Waals surface area (Å²) in [6.45, 7) is 1.50. The lowest BCUT2D eigenvalue weighted by atomic mass is 9.98. The molecule has 0 fully saturated rings. The summed E-state index contributed by atoms with van der Waals surface area (Å²) in [5, 5.41) is 2.35. The normalized spacial score (nSPS) is 14.6. The van der Waals surface area contributed by atoms with Gasteiger partial charge in [0.1, 0.15) is 0 Å². The molecule has 0 N–H and O–H groups in total. The zero-order chi connectivity index (χ0) is 19.0. The molecular weight excluding hydrogens is 371 g/mol. The van der Waals surface area contributed by atoms with Crippen LogP contribution in [-0.4, -0.2) is 38.4 Å². The van der Waals surface area contributed by atoms with Crippen LogP contribution in [0.5, 0.6) is 0 Å². The highest BCUT2D eigenvalue weighted by atomic mass is 32.2. The number of hydrogen-bond donors (Lipinski definition) is 0. The van der Waals surface area contributed by atoms with E-state index in [0.29, 0.717) is 11.8 Å². The van der Waals surface area contributed by atoms with Gasteiger partial charge in [0, 0.05) is 5.56 Å². The molecular formula is C12H10F7NO3S. The molecule has 0 spiro atoms. The number of nitrogens with zero attached hydrogens (tertiary/aromatic N) is 1. The van der Waals surface area contributed by atoms with Crippen LogP contribution >= 0.6 is 0 Å². The average molecular weight is 381 g/mol. The summed E-state index contributed by atoms with van der Waals surface area (Å²) in [5.41, 5.74) is -2.55. The smallest absolute Gasteiger partial charge is 0.268 e. The fourth-order valence-electron chi connectivity index (χ4n) is 1.43. The van der Waals surface area contributed by atoms with Gasteiger partial charge in [0.2, 0.25) is 0 Å². The van der Waals surface area contributed by atoms with Crippen LogP contribution in [0.15, 0.2) is 29.4 Å². The summed E-state index contributed by atoms with van der Waals surface area (Å²) >= 11 is 0. The van der Waals surface area contributed by atoms with E-state index in [1.807, 2.05) is 0 Å². The largest absolute Gasteiger partial charge is 0.460 e. The van der Waals surface area contributed by atoms with Gasteiger partial charge in [-0.15, -0.1) is 0 Å². The van der Waals surface area contributed by atoms with Gasteiger partial charge in [0.05, 0.1) is 6.26 Å². The number of hydrogen-bond acceptors (Lipinski definition) is 4. The molecule has 0 amide bonds. The van der Waals surface area contributed by atoms with E-state index in [0.717, 1.165) is 24.3 Å². The highest BCUT2D eigenvalue weighted by Crippen LogP contribution is 2.48. The lowest BCUT2D eigenvalue weighted by Gasteiger charge is -2.28. The van der Waals surface area contributed by atoms with Crippen molar-refractivity contribution >= 4 is 15.8 Å². The summed E-state index contributed by atoms with van der Waals surface area (Å²) in [4.78, 5) is 0. The number of benzene rings is 1. The summed E-state index contributed by atoms with van der Waals surface area (Å²) in [7, 11) is -4.52. The first-order valence-electron chi connectivity index (χ1n) is 5.96. The van der Waals surface area contributed by atoms with Crippen molar-refractivity contribution in [2.45, 2.75) is 24.9 Å². The van der Waals surface area contributed by atoms with E-state index in [1.165, 1.54) is 6.92 Å². The topological polar surface area (TPSA) is 55.7 Å². The fourth-order valence-corrected chi connectivity index (χ4v) is 1.64. The van der Waals surface area contributed by atoms with Crippen LogP contribution in [0.3, 0.4) is 0 Å². The first-order chi connectivity index (χ1) is 10.6. The molecule has 4 nitrogen and oxygen atoms in total. The summed E-state index contributed by atoms with van der Waals surface area (Å²) in [5.74, 6) is -12.4. The van der Waals surface area contributed by atoms with Crippen molar-refractivity contribution in [3.63, 3.8) is 0 Å². The van der Waals surface area contributed by atoms with Gasteiger partial charge in [0.25, 0.3) is 0 Å². The molecule has 1 aromatic carbocycles. The molecule has 0 saturated heterocycles. The first-order valence-corrected chi connectivity index (χ1v) is 7.78. The van der Waals surface area contributed by atoms with Crippen LogP contribution in [0.2, 0.25) is 0 Å². The number of oxime groups is 1. The number of alkyl halides is 7. The second-order valence-electron chi connectivity index (χ2n) is 4.73. The zero-order valence-electron chi connectivity index (χ0n) is 12.0. The molecule has 1 aromatic rings. The first kappa shape index (κ1) is 20.2. The van der Waals surface area contributed by atoms with Gasteiger partial charge in [0.15, 0.2) is 5.71 Å². The van der Waals surface area contributed by atoms with Crippen LogP contribution in [-0.2, 0) is 14.4 Å². The van der Waals surface area contributed by atoms with Gasteiger partial charge in [-0.05, 0) is 6.92 Å². The summed E-state index contributed by atoms with van der Waals surface area (Å²) < 4.78 is 116. The van der Waals surface area contributed by atoms with Gasteiger partial charge in [-0.25, -0.2) is 0 Å². The minimum Gasteiger partial charge on any atom is -0.268 e. The van der Waals surface area contributed by atoms with Crippen LogP contribution < -0.4 is 0 Å². The van der Waals surface area contributed by atoms with Gasteiger partial charge < -0.3 is 0 Å². The lowest BCUT2D eigenvalue weighted by Crippen LogP contribution is -2.56. The minimum atomic E-state index is -6.60. The maximum Gasteiger partial charge on any atom is 0.460 e. The second kappa shape index (κ2) is 6.22. The Balaban J connectivity index is 3.55. The standard InChI is InChI=1S/C12H10F7NO3S/c1-7-3-5-8(6-4-7)9(20-23-24(2,21)22)10(13,14)11(15,16)12(17,18)19/h3-6H,1-2H3. The Bertz CT molecular complexity index is 724. The Labute approximate surface area is 132 Å². The van der Waals surface area contributed by atoms with Gasteiger partial charge in [-0.1, -0.05) is 35.0 Å². The van der Waals surface area contributed by atoms with Crippen LogP contribution in [0, 0.1) is 6.92 Å². The van der Waals surface area contributed by atoms with E-state index in [-0.39, 0.29) is 0 Å². The third kappa shape index (κ3) is 4.16.